The summed E-state index contributed by atoms with van der Waals surface area (Å²) in [5, 5.41) is 3.12. The van der Waals surface area contributed by atoms with Crippen molar-refractivity contribution in [2.75, 3.05) is 45.8 Å². The van der Waals surface area contributed by atoms with Gasteiger partial charge in [0.15, 0.2) is 5.96 Å². The summed E-state index contributed by atoms with van der Waals surface area (Å²) in [4.78, 5) is 19.7. The Morgan fingerprint density at radius 1 is 1.32 bits per heavy atom. The number of rotatable bonds is 5. The second-order valence-electron chi connectivity index (χ2n) is 5.39. The first-order chi connectivity index (χ1) is 8.99. The molecule has 1 saturated heterocycles. The molecule has 1 aliphatic heterocycles. The molecule has 19 heavy (non-hydrogen) atoms. The van der Waals surface area contributed by atoms with Crippen molar-refractivity contribution >= 4 is 11.9 Å². The second kappa shape index (κ2) is 7.99. The van der Waals surface area contributed by atoms with Crippen molar-refractivity contribution in [1.82, 2.24) is 15.1 Å². The average Bonchev–Trinajstić information content (AvgIpc) is 2.37. The number of hydrogen-bond acceptors (Lipinski definition) is 3. The van der Waals surface area contributed by atoms with E-state index in [0.717, 1.165) is 45.8 Å². The van der Waals surface area contributed by atoms with E-state index in [0.29, 0.717) is 11.9 Å². The SMILES string of the molecule is CC(=O)N1CCN(CCNC(N)=NCC(C)C)CC1. The maximum Gasteiger partial charge on any atom is 0.219 e. The number of carbonyl (C=O) groups excluding carboxylic acids is 1. The molecule has 0 aliphatic carbocycles. The smallest absolute Gasteiger partial charge is 0.219 e. The Hall–Kier alpha value is -1.30. The minimum absolute atomic E-state index is 0.169. The molecule has 0 bridgehead atoms. The number of amides is 1. The summed E-state index contributed by atoms with van der Waals surface area (Å²) >= 11 is 0. The van der Waals surface area contributed by atoms with Gasteiger partial charge in [0.05, 0.1) is 0 Å². The molecule has 1 fully saturated rings. The topological polar surface area (TPSA) is 74.0 Å². The van der Waals surface area contributed by atoms with Crippen LogP contribution in [0.1, 0.15) is 20.8 Å². The van der Waals surface area contributed by atoms with Crippen LogP contribution in [0.2, 0.25) is 0 Å². The van der Waals surface area contributed by atoms with E-state index in [1.54, 1.807) is 6.92 Å². The van der Waals surface area contributed by atoms with Crippen molar-refractivity contribution < 1.29 is 4.79 Å². The maximum atomic E-state index is 11.2. The van der Waals surface area contributed by atoms with Gasteiger partial charge in [-0.3, -0.25) is 14.7 Å². The van der Waals surface area contributed by atoms with Crippen LogP contribution in [0, 0.1) is 5.92 Å². The standard InChI is InChI=1S/C13H27N5O/c1-11(2)10-16-13(14)15-4-5-17-6-8-18(9-7-17)12(3)19/h11H,4-10H2,1-3H3,(H3,14,15,16). The molecule has 110 valence electrons. The molecule has 0 aromatic heterocycles. The van der Waals surface area contributed by atoms with Crippen LogP contribution in [0.25, 0.3) is 0 Å². The number of nitrogens with two attached hydrogens (primary N) is 1. The lowest BCUT2D eigenvalue weighted by atomic mass is 10.2. The van der Waals surface area contributed by atoms with Crippen LogP contribution < -0.4 is 11.1 Å². The van der Waals surface area contributed by atoms with E-state index in [1.165, 1.54) is 0 Å². The Morgan fingerprint density at radius 2 is 1.95 bits per heavy atom. The summed E-state index contributed by atoms with van der Waals surface area (Å²) in [6, 6.07) is 0. The van der Waals surface area contributed by atoms with Crippen molar-refractivity contribution in [3.05, 3.63) is 0 Å². The molecule has 1 aliphatic rings. The Morgan fingerprint density at radius 3 is 2.47 bits per heavy atom. The third-order valence-electron chi connectivity index (χ3n) is 3.18. The fourth-order valence-electron chi connectivity index (χ4n) is 1.97. The molecule has 0 radical (unpaired) electrons. The normalized spacial score (nSPS) is 17.9. The molecule has 1 amide bonds. The number of piperazine rings is 1. The third kappa shape index (κ3) is 6.42. The van der Waals surface area contributed by atoms with Gasteiger partial charge in [0.25, 0.3) is 0 Å². The van der Waals surface area contributed by atoms with Gasteiger partial charge < -0.3 is 16.0 Å². The lowest BCUT2D eigenvalue weighted by molar-refractivity contribution is -0.130. The van der Waals surface area contributed by atoms with Crippen LogP contribution in [0.3, 0.4) is 0 Å². The quantitative estimate of drug-likeness (QED) is 0.531. The minimum atomic E-state index is 0.169. The Kier molecular flexibility index (Phi) is 6.62. The summed E-state index contributed by atoms with van der Waals surface area (Å²) in [5.41, 5.74) is 5.77. The van der Waals surface area contributed by atoms with E-state index in [9.17, 15) is 4.79 Å². The molecule has 0 aromatic carbocycles. The van der Waals surface area contributed by atoms with Gasteiger partial charge in [-0.1, -0.05) is 13.8 Å². The lowest BCUT2D eigenvalue weighted by Crippen LogP contribution is -2.50. The van der Waals surface area contributed by atoms with Crippen molar-refractivity contribution in [2.24, 2.45) is 16.6 Å². The summed E-state index contributed by atoms with van der Waals surface area (Å²) in [6.45, 7) is 11.9. The highest BCUT2D eigenvalue weighted by atomic mass is 16.2. The molecule has 0 saturated carbocycles. The maximum absolute atomic E-state index is 11.2. The van der Waals surface area contributed by atoms with Crippen molar-refractivity contribution in [2.45, 2.75) is 20.8 Å². The molecule has 6 heteroatoms. The number of hydrogen-bond donors (Lipinski definition) is 2. The predicted octanol–water partition coefficient (Wildman–Crippen LogP) is -0.289. The molecule has 1 heterocycles. The van der Waals surface area contributed by atoms with E-state index >= 15 is 0 Å². The molecule has 3 N–H and O–H groups in total. The van der Waals surface area contributed by atoms with Crippen LogP contribution >= 0.6 is 0 Å². The molecule has 1 rings (SSSR count). The number of carbonyl (C=O) groups is 1. The van der Waals surface area contributed by atoms with Gasteiger partial charge in [0, 0.05) is 52.7 Å². The van der Waals surface area contributed by atoms with E-state index in [1.807, 2.05) is 4.90 Å². The second-order valence-corrected chi connectivity index (χ2v) is 5.39. The van der Waals surface area contributed by atoms with Gasteiger partial charge in [-0.2, -0.15) is 0 Å². The summed E-state index contributed by atoms with van der Waals surface area (Å²) in [5.74, 6) is 1.22. The van der Waals surface area contributed by atoms with Crippen LogP contribution in [0.4, 0.5) is 0 Å². The Bertz CT molecular complexity index is 308. The number of nitrogens with zero attached hydrogens (tertiary/aromatic N) is 3. The van der Waals surface area contributed by atoms with Gasteiger partial charge in [0.1, 0.15) is 0 Å². The summed E-state index contributed by atoms with van der Waals surface area (Å²) in [6.07, 6.45) is 0. The van der Waals surface area contributed by atoms with E-state index in [2.05, 4.69) is 29.1 Å². The minimum Gasteiger partial charge on any atom is -0.370 e. The van der Waals surface area contributed by atoms with Gasteiger partial charge in [0.2, 0.25) is 5.91 Å². The summed E-state index contributed by atoms with van der Waals surface area (Å²) < 4.78 is 0. The zero-order valence-electron chi connectivity index (χ0n) is 12.4. The number of guanidine groups is 1. The molecular formula is C13H27N5O. The molecule has 0 aromatic rings. The highest BCUT2D eigenvalue weighted by Gasteiger charge is 2.17. The molecular weight excluding hydrogens is 242 g/mol. The first kappa shape index (κ1) is 15.8. The summed E-state index contributed by atoms with van der Waals surface area (Å²) in [7, 11) is 0. The van der Waals surface area contributed by atoms with Crippen LogP contribution in [0.5, 0.6) is 0 Å². The van der Waals surface area contributed by atoms with Gasteiger partial charge >= 0.3 is 0 Å². The van der Waals surface area contributed by atoms with Crippen molar-refractivity contribution in [3.63, 3.8) is 0 Å². The van der Waals surface area contributed by atoms with Gasteiger partial charge in [-0.15, -0.1) is 0 Å². The van der Waals surface area contributed by atoms with E-state index in [-0.39, 0.29) is 5.91 Å². The zero-order chi connectivity index (χ0) is 14.3. The van der Waals surface area contributed by atoms with Crippen LogP contribution in [-0.2, 0) is 4.79 Å². The van der Waals surface area contributed by atoms with E-state index < -0.39 is 0 Å². The molecule has 0 spiro atoms. The predicted molar refractivity (Wildman–Crippen MR) is 78.0 cm³/mol. The molecule has 0 atom stereocenters. The highest BCUT2D eigenvalue weighted by molar-refractivity contribution is 5.77. The fourth-order valence-corrected chi connectivity index (χ4v) is 1.97. The van der Waals surface area contributed by atoms with Crippen LogP contribution in [0.15, 0.2) is 4.99 Å². The monoisotopic (exact) mass is 269 g/mol. The average molecular weight is 269 g/mol. The molecule has 0 unspecified atom stereocenters. The Labute approximate surface area is 116 Å². The third-order valence-corrected chi connectivity index (χ3v) is 3.18. The largest absolute Gasteiger partial charge is 0.370 e. The number of nitrogens with one attached hydrogen (secondary N) is 1. The van der Waals surface area contributed by atoms with Gasteiger partial charge in [-0.05, 0) is 5.92 Å². The molecule has 6 nitrogen and oxygen atoms in total. The first-order valence-electron chi connectivity index (χ1n) is 7.00. The zero-order valence-corrected chi connectivity index (χ0v) is 12.4. The van der Waals surface area contributed by atoms with E-state index in [4.69, 9.17) is 5.73 Å². The van der Waals surface area contributed by atoms with Gasteiger partial charge in [-0.25, -0.2) is 0 Å². The van der Waals surface area contributed by atoms with Crippen molar-refractivity contribution in [1.29, 1.82) is 0 Å². The van der Waals surface area contributed by atoms with Crippen LogP contribution in [-0.4, -0.2) is 67.5 Å². The van der Waals surface area contributed by atoms with Crippen molar-refractivity contribution in [3.8, 4) is 0 Å². The lowest BCUT2D eigenvalue weighted by Gasteiger charge is -2.34. The fraction of sp³-hybridized carbons (Fsp3) is 0.846. The number of aliphatic imine (C=N–C) groups is 1. The Balaban J connectivity index is 2.14. The highest BCUT2D eigenvalue weighted by Crippen LogP contribution is 2.00. The first-order valence-corrected chi connectivity index (χ1v) is 7.00.